The van der Waals surface area contributed by atoms with Crippen LogP contribution in [-0.4, -0.2) is 6.04 Å². The molecule has 1 nitrogen and oxygen atoms in total. The maximum atomic E-state index is 3.61. The molecule has 0 amide bonds. The Labute approximate surface area is 92.3 Å². The highest BCUT2D eigenvalue weighted by molar-refractivity contribution is 5.33. The van der Waals surface area contributed by atoms with Gasteiger partial charge in [0, 0.05) is 11.7 Å². The van der Waals surface area contributed by atoms with E-state index in [0.717, 1.165) is 12.8 Å². The van der Waals surface area contributed by atoms with Crippen LogP contribution in [0.1, 0.15) is 32.6 Å². The third-order valence-corrected chi connectivity index (χ3v) is 2.95. The van der Waals surface area contributed by atoms with E-state index in [0.29, 0.717) is 6.04 Å². The lowest BCUT2D eigenvalue weighted by Gasteiger charge is -2.22. The SMILES string of the molecule is CCC1=CCCC=C1NC1C=CC=CC1. The van der Waals surface area contributed by atoms with Gasteiger partial charge in [0.2, 0.25) is 0 Å². The quantitative estimate of drug-likeness (QED) is 0.737. The first kappa shape index (κ1) is 10.3. The number of hydrogen-bond acceptors (Lipinski definition) is 1. The van der Waals surface area contributed by atoms with Gasteiger partial charge in [-0.05, 0) is 31.3 Å². The van der Waals surface area contributed by atoms with Gasteiger partial charge in [0.15, 0.2) is 0 Å². The van der Waals surface area contributed by atoms with Gasteiger partial charge in [-0.2, -0.15) is 0 Å². The maximum absolute atomic E-state index is 3.61. The fraction of sp³-hybridized carbons (Fsp3) is 0.429. The summed E-state index contributed by atoms with van der Waals surface area (Å²) in [5, 5.41) is 3.61. The molecule has 0 heterocycles. The van der Waals surface area contributed by atoms with E-state index in [1.165, 1.54) is 24.1 Å². The maximum Gasteiger partial charge on any atom is 0.0482 e. The minimum Gasteiger partial charge on any atom is -0.379 e. The zero-order valence-electron chi connectivity index (χ0n) is 9.37. The van der Waals surface area contributed by atoms with Crippen molar-refractivity contribution in [2.75, 3.05) is 0 Å². The van der Waals surface area contributed by atoms with Crippen molar-refractivity contribution in [2.24, 2.45) is 0 Å². The van der Waals surface area contributed by atoms with Crippen molar-refractivity contribution < 1.29 is 0 Å². The molecule has 1 heteroatoms. The minimum absolute atomic E-state index is 0.481. The Hall–Kier alpha value is -1.24. The summed E-state index contributed by atoms with van der Waals surface area (Å²) in [5.74, 6) is 0. The average molecular weight is 201 g/mol. The highest BCUT2D eigenvalue weighted by atomic mass is 14.9. The van der Waals surface area contributed by atoms with E-state index < -0.39 is 0 Å². The predicted molar refractivity (Wildman–Crippen MR) is 65.5 cm³/mol. The summed E-state index contributed by atoms with van der Waals surface area (Å²) in [4.78, 5) is 0. The van der Waals surface area contributed by atoms with Crippen LogP contribution >= 0.6 is 0 Å². The highest BCUT2D eigenvalue weighted by Crippen LogP contribution is 2.20. The zero-order valence-corrected chi connectivity index (χ0v) is 9.37. The Bertz CT molecular complexity index is 331. The highest BCUT2D eigenvalue weighted by Gasteiger charge is 2.11. The molecule has 2 aliphatic carbocycles. The molecule has 0 fully saturated rings. The van der Waals surface area contributed by atoms with Gasteiger partial charge in [0.1, 0.15) is 0 Å². The molecule has 2 rings (SSSR count). The van der Waals surface area contributed by atoms with Crippen LogP contribution < -0.4 is 5.32 Å². The molecule has 15 heavy (non-hydrogen) atoms. The molecule has 0 aromatic carbocycles. The number of allylic oxidation sites excluding steroid dienone is 5. The van der Waals surface area contributed by atoms with E-state index in [1.54, 1.807) is 0 Å². The van der Waals surface area contributed by atoms with E-state index in [-0.39, 0.29) is 0 Å². The van der Waals surface area contributed by atoms with Crippen molar-refractivity contribution in [3.8, 4) is 0 Å². The smallest absolute Gasteiger partial charge is 0.0482 e. The molecular weight excluding hydrogens is 182 g/mol. The summed E-state index contributed by atoms with van der Waals surface area (Å²) in [6.07, 6.45) is 18.0. The Morgan fingerprint density at radius 3 is 2.87 bits per heavy atom. The minimum atomic E-state index is 0.481. The second-order valence-corrected chi connectivity index (χ2v) is 4.08. The van der Waals surface area contributed by atoms with Crippen LogP contribution in [-0.2, 0) is 0 Å². The lowest BCUT2D eigenvalue weighted by atomic mass is 9.99. The third-order valence-electron chi connectivity index (χ3n) is 2.95. The molecule has 0 radical (unpaired) electrons. The van der Waals surface area contributed by atoms with Crippen molar-refractivity contribution in [1.29, 1.82) is 0 Å². The summed E-state index contributed by atoms with van der Waals surface area (Å²) in [5.41, 5.74) is 2.83. The number of hydrogen-bond donors (Lipinski definition) is 1. The van der Waals surface area contributed by atoms with Crippen LogP contribution in [0.3, 0.4) is 0 Å². The van der Waals surface area contributed by atoms with Gasteiger partial charge in [-0.25, -0.2) is 0 Å². The molecule has 0 aliphatic heterocycles. The molecule has 2 aliphatic rings. The summed E-state index contributed by atoms with van der Waals surface area (Å²) >= 11 is 0. The van der Waals surface area contributed by atoms with Crippen LogP contribution in [0.15, 0.2) is 47.7 Å². The van der Waals surface area contributed by atoms with Gasteiger partial charge in [-0.3, -0.25) is 0 Å². The van der Waals surface area contributed by atoms with Gasteiger partial charge in [-0.15, -0.1) is 0 Å². The predicted octanol–water partition coefficient (Wildman–Crippen LogP) is 3.47. The Morgan fingerprint density at radius 2 is 2.13 bits per heavy atom. The van der Waals surface area contributed by atoms with E-state index in [4.69, 9.17) is 0 Å². The van der Waals surface area contributed by atoms with E-state index in [9.17, 15) is 0 Å². The number of nitrogens with one attached hydrogen (secondary N) is 1. The van der Waals surface area contributed by atoms with Crippen molar-refractivity contribution in [2.45, 2.75) is 38.6 Å². The van der Waals surface area contributed by atoms with Crippen LogP contribution in [0.2, 0.25) is 0 Å². The normalized spacial score (nSPS) is 24.7. The largest absolute Gasteiger partial charge is 0.379 e. The van der Waals surface area contributed by atoms with Crippen LogP contribution in [0.4, 0.5) is 0 Å². The first-order valence-electron chi connectivity index (χ1n) is 5.89. The molecule has 1 N–H and O–H groups in total. The fourth-order valence-corrected chi connectivity index (χ4v) is 2.10. The van der Waals surface area contributed by atoms with Crippen LogP contribution in [0, 0.1) is 0 Å². The second-order valence-electron chi connectivity index (χ2n) is 4.08. The zero-order chi connectivity index (χ0) is 10.5. The van der Waals surface area contributed by atoms with Crippen molar-refractivity contribution in [1.82, 2.24) is 5.32 Å². The van der Waals surface area contributed by atoms with Gasteiger partial charge in [-0.1, -0.05) is 43.4 Å². The molecule has 0 spiro atoms. The van der Waals surface area contributed by atoms with Crippen molar-refractivity contribution in [3.63, 3.8) is 0 Å². The second kappa shape index (κ2) is 5.01. The number of rotatable bonds is 3. The first-order valence-corrected chi connectivity index (χ1v) is 5.89. The molecule has 0 saturated carbocycles. The molecular formula is C14H19N. The molecule has 80 valence electrons. The standard InChI is InChI=1S/C14H19N/c1-2-12-8-6-7-11-14(12)15-13-9-4-3-5-10-13/h3-5,8-9,11,13,15H,2,6-7,10H2,1H3. The first-order chi connectivity index (χ1) is 7.40. The Balaban J connectivity index is 1.98. The van der Waals surface area contributed by atoms with Crippen LogP contribution in [0.5, 0.6) is 0 Å². The molecule has 0 aromatic heterocycles. The monoisotopic (exact) mass is 201 g/mol. The van der Waals surface area contributed by atoms with Gasteiger partial charge in [0.05, 0.1) is 0 Å². The van der Waals surface area contributed by atoms with Crippen LogP contribution in [0.25, 0.3) is 0 Å². The lowest BCUT2D eigenvalue weighted by Crippen LogP contribution is -2.28. The topological polar surface area (TPSA) is 12.0 Å². The Morgan fingerprint density at radius 1 is 1.27 bits per heavy atom. The molecule has 1 atom stereocenters. The van der Waals surface area contributed by atoms with E-state index in [2.05, 4.69) is 48.7 Å². The Kier molecular flexibility index (Phi) is 3.44. The van der Waals surface area contributed by atoms with Crippen molar-refractivity contribution in [3.05, 3.63) is 47.7 Å². The van der Waals surface area contributed by atoms with Gasteiger partial charge in [0.25, 0.3) is 0 Å². The molecule has 0 saturated heterocycles. The van der Waals surface area contributed by atoms with Gasteiger partial charge >= 0.3 is 0 Å². The van der Waals surface area contributed by atoms with E-state index in [1.807, 2.05) is 0 Å². The van der Waals surface area contributed by atoms with E-state index >= 15 is 0 Å². The lowest BCUT2D eigenvalue weighted by molar-refractivity contribution is 0.665. The van der Waals surface area contributed by atoms with Gasteiger partial charge < -0.3 is 5.32 Å². The summed E-state index contributed by atoms with van der Waals surface area (Å²) in [7, 11) is 0. The van der Waals surface area contributed by atoms with Crippen molar-refractivity contribution >= 4 is 0 Å². The fourth-order valence-electron chi connectivity index (χ4n) is 2.10. The summed E-state index contributed by atoms with van der Waals surface area (Å²) < 4.78 is 0. The summed E-state index contributed by atoms with van der Waals surface area (Å²) in [6, 6.07) is 0.481. The average Bonchev–Trinajstić information content (AvgIpc) is 2.31. The molecule has 1 unspecified atom stereocenters. The summed E-state index contributed by atoms with van der Waals surface area (Å²) in [6.45, 7) is 2.23. The molecule has 0 bridgehead atoms. The third kappa shape index (κ3) is 2.62. The molecule has 0 aromatic rings.